The second-order valence-electron chi connectivity index (χ2n) is 6.32. The Balaban J connectivity index is 1.89. The van der Waals surface area contributed by atoms with Gasteiger partial charge < -0.3 is 17.2 Å². The molecule has 2 aliphatic rings. The lowest BCUT2D eigenvalue weighted by molar-refractivity contribution is 0.0860. The van der Waals surface area contributed by atoms with Crippen molar-refractivity contribution in [2.75, 3.05) is 5.73 Å². The van der Waals surface area contributed by atoms with Crippen molar-refractivity contribution in [2.24, 2.45) is 11.5 Å². The molecular formula is C17H17N3O2S. The maximum atomic E-state index is 13.3. The second kappa shape index (κ2) is 4.66. The summed E-state index contributed by atoms with van der Waals surface area (Å²) in [7, 11) is 0. The molecule has 1 heterocycles. The summed E-state index contributed by atoms with van der Waals surface area (Å²) in [6, 6.07) is 7.75. The maximum Gasteiger partial charge on any atom is 0.251 e. The Kier molecular flexibility index (Phi) is 2.92. The maximum absolute atomic E-state index is 13.3. The summed E-state index contributed by atoms with van der Waals surface area (Å²) >= 11 is 1.18. The van der Waals surface area contributed by atoms with Crippen LogP contribution in [0.4, 0.5) is 5.00 Å². The van der Waals surface area contributed by atoms with Gasteiger partial charge in [-0.1, -0.05) is 24.3 Å². The Labute approximate surface area is 137 Å². The Hall–Kier alpha value is -2.18. The monoisotopic (exact) mass is 327 g/mol. The number of nitrogen functional groups attached to an aromatic ring is 1. The van der Waals surface area contributed by atoms with Crippen LogP contribution in [-0.2, 0) is 11.8 Å². The van der Waals surface area contributed by atoms with Crippen LogP contribution in [-0.4, -0.2) is 11.7 Å². The first-order valence-corrected chi connectivity index (χ1v) is 8.38. The first kappa shape index (κ1) is 14.4. The van der Waals surface area contributed by atoms with E-state index in [1.807, 2.05) is 24.3 Å². The van der Waals surface area contributed by atoms with Gasteiger partial charge in [0.1, 0.15) is 0 Å². The van der Waals surface area contributed by atoms with E-state index < -0.39 is 11.3 Å². The van der Waals surface area contributed by atoms with Crippen LogP contribution in [0.3, 0.4) is 0 Å². The highest BCUT2D eigenvalue weighted by atomic mass is 32.1. The first-order chi connectivity index (χ1) is 11.0. The third-order valence-corrected chi connectivity index (χ3v) is 6.23. The highest BCUT2D eigenvalue weighted by Crippen LogP contribution is 2.53. The van der Waals surface area contributed by atoms with Crippen LogP contribution < -0.4 is 17.2 Å². The number of thiophene rings is 1. The van der Waals surface area contributed by atoms with Gasteiger partial charge in [-0.15, -0.1) is 11.3 Å². The van der Waals surface area contributed by atoms with Crippen molar-refractivity contribution in [2.45, 2.75) is 30.7 Å². The zero-order chi connectivity index (χ0) is 16.4. The molecule has 1 spiro atoms. The van der Waals surface area contributed by atoms with Gasteiger partial charge >= 0.3 is 0 Å². The molecule has 118 valence electrons. The average Bonchev–Trinajstić information content (AvgIpc) is 3.00. The van der Waals surface area contributed by atoms with Gasteiger partial charge in [-0.2, -0.15) is 0 Å². The molecule has 5 nitrogen and oxygen atoms in total. The summed E-state index contributed by atoms with van der Waals surface area (Å²) < 4.78 is 0. The standard InChI is InChI=1S/C17H17N3O2S/c18-11-7-17(10-4-2-1-3-8(10)11)6-5-9-12(15(19)22)16(20)23-13(9)14(17)21/h1-4,11H,5-7,18,20H2,(H2,19,22). The largest absolute Gasteiger partial charge is 0.390 e. The number of fused-ring (bicyclic) bond motifs is 3. The van der Waals surface area contributed by atoms with Crippen LogP contribution in [0.5, 0.6) is 0 Å². The van der Waals surface area contributed by atoms with Crippen LogP contribution in [0.1, 0.15) is 55.6 Å². The highest BCUT2D eigenvalue weighted by molar-refractivity contribution is 7.18. The van der Waals surface area contributed by atoms with Gasteiger partial charge in [-0.05, 0) is 36.0 Å². The van der Waals surface area contributed by atoms with Gasteiger partial charge in [-0.3, -0.25) is 9.59 Å². The van der Waals surface area contributed by atoms with E-state index in [-0.39, 0.29) is 11.8 Å². The minimum Gasteiger partial charge on any atom is -0.390 e. The number of rotatable bonds is 1. The molecule has 0 saturated heterocycles. The quantitative estimate of drug-likeness (QED) is 0.742. The Morgan fingerprint density at radius 1 is 1.30 bits per heavy atom. The van der Waals surface area contributed by atoms with Gasteiger partial charge in [0.2, 0.25) is 0 Å². The number of benzene rings is 1. The molecule has 0 radical (unpaired) electrons. The van der Waals surface area contributed by atoms with Crippen molar-refractivity contribution >= 4 is 28.0 Å². The van der Waals surface area contributed by atoms with Crippen LogP contribution in [0.25, 0.3) is 0 Å². The number of anilines is 1. The molecule has 0 saturated carbocycles. The molecule has 1 aromatic heterocycles. The van der Waals surface area contributed by atoms with E-state index in [0.29, 0.717) is 40.3 Å². The van der Waals surface area contributed by atoms with E-state index in [1.165, 1.54) is 11.3 Å². The number of ketones is 1. The smallest absolute Gasteiger partial charge is 0.251 e. The third-order valence-electron chi connectivity index (χ3n) is 5.17. The van der Waals surface area contributed by atoms with Gasteiger partial charge in [0.15, 0.2) is 5.78 Å². The molecule has 23 heavy (non-hydrogen) atoms. The Morgan fingerprint density at radius 3 is 2.78 bits per heavy atom. The van der Waals surface area contributed by atoms with Crippen LogP contribution in [0.15, 0.2) is 24.3 Å². The molecular weight excluding hydrogens is 310 g/mol. The summed E-state index contributed by atoms with van der Waals surface area (Å²) in [6.07, 6.45) is 1.86. The molecule has 6 N–H and O–H groups in total. The summed E-state index contributed by atoms with van der Waals surface area (Å²) in [5, 5.41) is 0.337. The molecule has 4 rings (SSSR count). The predicted molar refractivity (Wildman–Crippen MR) is 89.6 cm³/mol. The van der Waals surface area contributed by atoms with Gasteiger partial charge in [0.25, 0.3) is 5.91 Å². The van der Waals surface area contributed by atoms with Crippen molar-refractivity contribution in [1.82, 2.24) is 0 Å². The summed E-state index contributed by atoms with van der Waals surface area (Å²) in [4.78, 5) is 25.5. The van der Waals surface area contributed by atoms with Crippen LogP contribution >= 0.6 is 11.3 Å². The van der Waals surface area contributed by atoms with Crippen molar-refractivity contribution in [1.29, 1.82) is 0 Å². The molecule has 0 fully saturated rings. The van der Waals surface area contributed by atoms with E-state index in [0.717, 1.165) is 11.1 Å². The van der Waals surface area contributed by atoms with Crippen LogP contribution in [0, 0.1) is 0 Å². The van der Waals surface area contributed by atoms with Gasteiger partial charge in [-0.25, -0.2) is 0 Å². The van der Waals surface area contributed by atoms with Crippen molar-refractivity contribution in [3.8, 4) is 0 Å². The normalized spacial score (nSPS) is 25.4. The molecule has 0 aliphatic heterocycles. The minimum absolute atomic E-state index is 0.0309. The van der Waals surface area contributed by atoms with E-state index in [1.54, 1.807) is 0 Å². The predicted octanol–water partition coefficient (Wildman–Crippen LogP) is 1.90. The molecule has 2 aromatic rings. The second-order valence-corrected chi connectivity index (χ2v) is 7.37. The molecule has 0 bridgehead atoms. The van der Waals surface area contributed by atoms with Gasteiger partial charge in [0.05, 0.1) is 20.9 Å². The van der Waals surface area contributed by atoms with Crippen LogP contribution in [0.2, 0.25) is 0 Å². The lowest BCUT2D eigenvalue weighted by Gasteiger charge is -2.33. The zero-order valence-electron chi connectivity index (χ0n) is 12.5. The zero-order valence-corrected chi connectivity index (χ0v) is 13.3. The van der Waals surface area contributed by atoms with Gasteiger partial charge in [0, 0.05) is 6.04 Å². The highest BCUT2D eigenvalue weighted by Gasteiger charge is 2.51. The Bertz CT molecular complexity index is 858. The number of hydrogen-bond acceptors (Lipinski definition) is 5. The fourth-order valence-electron chi connectivity index (χ4n) is 4.15. The fourth-order valence-corrected chi connectivity index (χ4v) is 5.31. The average molecular weight is 327 g/mol. The SMILES string of the molecule is NC(=O)c1c(N)sc2c1CCC1(CC(N)c3ccccc31)C2=O. The lowest BCUT2D eigenvalue weighted by atomic mass is 9.69. The molecule has 6 heteroatoms. The summed E-state index contributed by atoms with van der Waals surface area (Å²) in [5.41, 5.74) is 20.2. The van der Waals surface area contributed by atoms with E-state index in [4.69, 9.17) is 17.2 Å². The fraction of sp³-hybridized carbons (Fsp3) is 0.294. The first-order valence-electron chi connectivity index (χ1n) is 7.56. The number of hydrogen-bond donors (Lipinski definition) is 3. The van der Waals surface area contributed by atoms with Crippen molar-refractivity contribution in [3.63, 3.8) is 0 Å². The van der Waals surface area contributed by atoms with E-state index in [9.17, 15) is 9.59 Å². The number of primary amides is 1. The number of Topliss-reactive ketones (excluding diaryl/α,β-unsaturated/α-hetero) is 1. The van der Waals surface area contributed by atoms with Crippen molar-refractivity contribution in [3.05, 3.63) is 51.4 Å². The lowest BCUT2D eigenvalue weighted by Crippen LogP contribution is -2.38. The molecule has 2 atom stereocenters. The number of carbonyl (C=O) groups is 2. The number of amides is 1. The molecule has 1 amide bonds. The Morgan fingerprint density at radius 2 is 2.04 bits per heavy atom. The molecule has 2 aliphatic carbocycles. The minimum atomic E-state index is -0.588. The summed E-state index contributed by atoms with van der Waals surface area (Å²) in [6.45, 7) is 0. The van der Waals surface area contributed by atoms with Crippen molar-refractivity contribution < 1.29 is 9.59 Å². The number of nitrogens with two attached hydrogens (primary N) is 3. The molecule has 2 unspecified atom stereocenters. The third kappa shape index (κ3) is 1.76. The topological polar surface area (TPSA) is 112 Å². The summed E-state index contributed by atoms with van der Waals surface area (Å²) in [5.74, 6) is -0.532. The molecule has 1 aromatic carbocycles. The number of carbonyl (C=O) groups excluding carboxylic acids is 2. The van der Waals surface area contributed by atoms with E-state index >= 15 is 0 Å². The van der Waals surface area contributed by atoms with E-state index in [2.05, 4.69) is 0 Å².